The van der Waals surface area contributed by atoms with Gasteiger partial charge in [-0.1, -0.05) is 0 Å². The molecule has 2 nitrogen and oxygen atoms in total. The van der Waals surface area contributed by atoms with Crippen LogP contribution in [0.5, 0.6) is 0 Å². The highest BCUT2D eigenvalue weighted by Crippen LogP contribution is 2.35. The van der Waals surface area contributed by atoms with Crippen LogP contribution in [0.3, 0.4) is 0 Å². The van der Waals surface area contributed by atoms with Gasteiger partial charge < -0.3 is 10.1 Å². The molecule has 0 aromatic heterocycles. The molecule has 4 heteroatoms. The van der Waals surface area contributed by atoms with Crippen LogP contribution in [0.1, 0.15) is 32.1 Å². The summed E-state index contributed by atoms with van der Waals surface area (Å²) >= 11 is 0. The van der Waals surface area contributed by atoms with E-state index in [-0.39, 0.29) is 12.5 Å². The minimum Gasteiger partial charge on any atom is -0.380 e. The standard InChI is InChI=1S/C10H17F2NO/c11-10(12)5-1-4-9(10)13-8-3-2-6-14-7-8/h8-9,13H,1-7H2. The summed E-state index contributed by atoms with van der Waals surface area (Å²) in [5, 5.41) is 3.03. The van der Waals surface area contributed by atoms with Crippen molar-refractivity contribution in [2.75, 3.05) is 13.2 Å². The molecule has 1 saturated carbocycles. The van der Waals surface area contributed by atoms with Gasteiger partial charge in [0.2, 0.25) is 0 Å². The zero-order valence-corrected chi connectivity index (χ0v) is 8.27. The van der Waals surface area contributed by atoms with Gasteiger partial charge in [0, 0.05) is 19.1 Å². The molecule has 1 saturated heterocycles. The Bertz CT molecular complexity index is 193. The molecule has 1 aliphatic heterocycles. The maximum Gasteiger partial charge on any atom is 0.263 e. The minimum absolute atomic E-state index is 0.0399. The molecule has 0 aromatic carbocycles. The Balaban J connectivity index is 1.83. The van der Waals surface area contributed by atoms with Crippen molar-refractivity contribution in [2.45, 2.75) is 50.1 Å². The second kappa shape index (κ2) is 4.11. The summed E-state index contributed by atoms with van der Waals surface area (Å²) in [7, 11) is 0. The fourth-order valence-electron chi connectivity index (χ4n) is 2.29. The number of alkyl halides is 2. The molecular formula is C10H17F2NO. The van der Waals surface area contributed by atoms with E-state index in [1.165, 1.54) is 0 Å². The summed E-state index contributed by atoms with van der Waals surface area (Å²) < 4.78 is 31.8. The van der Waals surface area contributed by atoms with Crippen molar-refractivity contribution in [3.63, 3.8) is 0 Å². The lowest BCUT2D eigenvalue weighted by molar-refractivity contribution is -0.0295. The molecule has 0 bridgehead atoms. The molecule has 1 heterocycles. The minimum atomic E-state index is -2.50. The maximum absolute atomic E-state index is 13.3. The van der Waals surface area contributed by atoms with E-state index in [4.69, 9.17) is 4.74 Å². The average Bonchev–Trinajstić information content (AvgIpc) is 2.48. The van der Waals surface area contributed by atoms with Gasteiger partial charge in [0.25, 0.3) is 5.92 Å². The van der Waals surface area contributed by atoms with Crippen molar-refractivity contribution in [1.82, 2.24) is 5.32 Å². The van der Waals surface area contributed by atoms with Crippen LogP contribution in [0, 0.1) is 0 Å². The molecular weight excluding hydrogens is 188 g/mol. The highest BCUT2D eigenvalue weighted by molar-refractivity contribution is 4.92. The molecule has 2 aliphatic rings. The third-order valence-electron chi connectivity index (χ3n) is 3.11. The Kier molecular flexibility index (Phi) is 3.02. The first-order valence-electron chi connectivity index (χ1n) is 5.40. The molecule has 0 spiro atoms. The van der Waals surface area contributed by atoms with E-state index in [0.29, 0.717) is 19.4 Å². The van der Waals surface area contributed by atoms with Crippen LogP contribution < -0.4 is 5.32 Å². The first-order valence-corrected chi connectivity index (χ1v) is 5.40. The van der Waals surface area contributed by atoms with Crippen molar-refractivity contribution in [2.24, 2.45) is 0 Å². The first-order chi connectivity index (χ1) is 6.68. The van der Waals surface area contributed by atoms with Crippen molar-refractivity contribution in [3.8, 4) is 0 Å². The fourth-order valence-corrected chi connectivity index (χ4v) is 2.29. The van der Waals surface area contributed by atoms with Crippen LogP contribution >= 0.6 is 0 Å². The van der Waals surface area contributed by atoms with Crippen molar-refractivity contribution in [1.29, 1.82) is 0 Å². The lowest BCUT2D eigenvalue weighted by atomic mass is 10.1. The molecule has 14 heavy (non-hydrogen) atoms. The Labute approximate surface area is 83.0 Å². The first kappa shape index (κ1) is 10.3. The van der Waals surface area contributed by atoms with E-state index in [1.807, 2.05) is 0 Å². The lowest BCUT2D eigenvalue weighted by Crippen LogP contribution is -2.48. The number of hydrogen-bond donors (Lipinski definition) is 1. The van der Waals surface area contributed by atoms with E-state index in [0.717, 1.165) is 19.4 Å². The SMILES string of the molecule is FC1(F)CCCC1NC1CCCOC1. The third-order valence-corrected chi connectivity index (χ3v) is 3.11. The Morgan fingerprint density at radius 1 is 1.21 bits per heavy atom. The van der Waals surface area contributed by atoms with Crippen LogP contribution in [-0.2, 0) is 4.74 Å². The van der Waals surface area contributed by atoms with Gasteiger partial charge in [-0.05, 0) is 25.7 Å². The quantitative estimate of drug-likeness (QED) is 0.744. The molecule has 2 unspecified atom stereocenters. The number of ether oxygens (including phenoxy) is 1. The molecule has 1 N–H and O–H groups in total. The van der Waals surface area contributed by atoms with Crippen molar-refractivity contribution in [3.05, 3.63) is 0 Å². The van der Waals surface area contributed by atoms with Crippen molar-refractivity contribution < 1.29 is 13.5 Å². The maximum atomic E-state index is 13.3. The summed E-state index contributed by atoms with van der Waals surface area (Å²) in [6.45, 7) is 1.37. The van der Waals surface area contributed by atoms with Gasteiger partial charge in [-0.2, -0.15) is 0 Å². The predicted molar refractivity (Wildman–Crippen MR) is 49.6 cm³/mol. The normalized spacial score (nSPS) is 37.3. The van der Waals surface area contributed by atoms with Gasteiger partial charge in [0.05, 0.1) is 12.6 Å². The Hall–Kier alpha value is -0.220. The predicted octanol–water partition coefficient (Wildman–Crippen LogP) is 1.94. The summed E-state index contributed by atoms with van der Waals surface area (Å²) in [5.41, 5.74) is 0. The second-order valence-electron chi connectivity index (χ2n) is 4.29. The van der Waals surface area contributed by atoms with E-state index in [1.54, 1.807) is 0 Å². The highest BCUT2D eigenvalue weighted by atomic mass is 19.3. The van der Waals surface area contributed by atoms with Crippen LogP contribution in [0.4, 0.5) is 8.78 Å². The number of halogens is 2. The monoisotopic (exact) mass is 205 g/mol. The smallest absolute Gasteiger partial charge is 0.263 e. The zero-order chi connectivity index (χ0) is 10.0. The molecule has 1 aliphatic carbocycles. The zero-order valence-electron chi connectivity index (χ0n) is 8.27. The van der Waals surface area contributed by atoms with E-state index in [2.05, 4.69) is 5.32 Å². The van der Waals surface area contributed by atoms with Gasteiger partial charge in [-0.3, -0.25) is 0 Å². The Morgan fingerprint density at radius 2 is 2.07 bits per heavy atom. The lowest BCUT2D eigenvalue weighted by Gasteiger charge is -2.29. The number of nitrogens with one attached hydrogen (secondary N) is 1. The number of hydrogen-bond acceptors (Lipinski definition) is 2. The van der Waals surface area contributed by atoms with Crippen LogP contribution in [-0.4, -0.2) is 31.2 Å². The Morgan fingerprint density at radius 3 is 2.64 bits per heavy atom. The topological polar surface area (TPSA) is 21.3 Å². The molecule has 82 valence electrons. The molecule has 2 fully saturated rings. The van der Waals surface area contributed by atoms with E-state index in [9.17, 15) is 8.78 Å². The van der Waals surface area contributed by atoms with Crippen LogP contribution in [0.2, 0.25) is 0 Å². The van der Waals surface area contributed by atoms with Gasteiger partial charge >= 0.3 is 0 Å². The molecule has 0 amide bonds. The number of rotatable bonds is 2. The molecule has 0 aromatic rings. The molecule has 2 atom stereocenters. The highest BCUT2D eigenvalue weighted by Gasteiger charge is 2.44. The summed E-state index contributed by atoms with van der Waals surface area (Å²) in [5.74, 6) is -2.50. The molecule has 2 rings (SSSR count). The molecule has 0 radical (unpaired) electrons. The van der Waals surface area contributed by atoms with Gasteiger partial charge in [-0.15, -0.1) is 0 Å². The second-order valence-corrected chi connectivity index (χ2v) is 4.29. The third kappa shape index (κ3) is 2.23. The van der Waals surface area contributed by atoms with E-state index < -0.39 is 12.0 Å². The van der Waals surface area contributed by atoms with Crippen LogP contribution in [0.25, 0.3) is 0 Å². The van der Waals surface area contributed by atoms with Gasteiger partial charge in [-0.25, -0.2) is 8.78 Å². The van der Waals surface area contributed by atoms with Crippen molar-refractivity contribution >= 4 is 0 Å². The summed E-state index contributed by atoms with van der Waals surface area (Å²) in [6, 6.07) is -0.480. The largest absolute Gasteiger partial charge is 0.380 e. The average molecular weight is 205 g/mol. The van der Waals surface area contributed by atoms with Gasteiger partial charge in [0.15, 0.2) is 0 Å². The van der Waals surface area contributed by atoms with Crippen LogP contribution in [0.15, 0.2) is 0 Å². The van der Waals surface area contributed by atoms with Gasteiger partial charge in [0.1, 0.15) is 0 Å². The van der Waals surface area contributed by atoms with E-state index >= 15 is 0 Å². The summed E-state index contributed by atoms with van der Waals surface area (Å²) in [6.07, 6.45) is 3.22. The summed E-state index contributed by atoms with van der Waals surface area (Å²) in [4.78, 5) is 0. The fraction of sp³-hybridized carbons (Fsp3) is 1.00.